The van der Waals surface area contributed by atoms with E-state index in [0.717, 1.165) is 0 Å². The summed E-state index contributed by atoms with van der Waals surface area (Å²) in [7, 11) is 0. The quantitative estimate of drug-likeness (QED) is 0.619. The monoisotopic (exact) mass is 311 g/mol. The number of hydrogen-bond donors (Lipinski definition) is 0. The fourth-order valence-corrected chi connectivity index (χ4v) is 2.69. The van der Waals surface area contributed by atoms with Gasteiger partial charge in [-0.1, -0.05) is 6.07 Å². The minimum Gasteiger partial charge on any atom is -0.466 e. The highest BCUT2D eigenvalue weighted by Crippen LogP contribution is 2.30. The summed E-state index contributed by atoms with van der Waals surface area (Å²) in [6, 6.07) is 4.05. The first-order valence-electron chi connectivity index (χ1n) is 7.35. The Labute approximate surface area is 128 Å². The summed E-state index contributed by atoms with van der Waals surface area (Å²) >= 11 is 0. The van der Waals surface area contributed by atoms with Crippen LogP contribution in [0.4, 0.5) is 14.5 Å². The third-order valence-electron chi connectivity index (χ3n) is 3.89. The maximum Gasteiger partial charge on any atom is 0.309 e. The number of alkyl halides is 2. The highest BCUT2D eigenvalue weighted by atomic mass is 19.3. The molecule has 120 valence electrons. The van der Waals surface area contributed by atoms with Gasteiger partial charge in [0.2, 0.25) is 0 Å². The van der Waals surface area contributed by atoms with Gasteiger partial charge in [-0.25, -0.2) is 8.78 Å². The number of carbonyl (C=O) groups excluding carboxylic acids is 2. The number of anilines is 1. The molecule has 0 aromatic heterocycles. The molecule has 6 heteroatoms. The number of hydrogen-bond acceptors (Lipinski definition) is 4. The number of esters is 1. The number of aldehydes is 1. The van der Waals surface area contributed by atoms with Gasteiger partial charge in [-0.2, -0.15) is 0 Å². The van der Waals surface area contributed by atoms with Crippen molar-refractivity contribution < 1.29 is 23.1 Å². The van der Waals surface area contributed by atoms with Gasteiger partial charge in [0.05, 0.1) is 12.5 Å². The van der Waals surface area contributed by atoms with Crippen LogP contribution in [-0.4, -0.2) is 32.0 Å². The molecule has 0 unspecified atom stereocenters. The van der Waals surface area contributed by atoms with Crippen LogP contribution in [0.15, 0.2) is 18.2 Å². The van der Waals surface area contributed by atoms with E-state index >= 15 is 0 Å². The molecule has 1 aliphatic heterocycles. The van der Waals surface area contributed by atoms with Crippen LogP contribution in [0.5, 0.6) is 0 Å². The molecule has 0 aliphatic carbocycles. The second-order valence-corrected chi connectivity index (χ2v) is 5.25. The number of nitrogens with zero attached hydrogens (tertiary/aromatic N) is 1. The van der Waals surface area contributed by atoms with E-state index in [9.17, 15) is 18.4 Å². The minimum atomic E-state index is -2.57. The Hall–Kier alpha value is -1.98. The lowest BCUT2D eigenvalue weighted by Gasteiger charge is -2.33. The van der Waals surface area contributed by atoms with Crippen LogP contribution in [0, 0.1) is 5.92 Å². The average molecular weight is 311 g/mol. The molecule has 0 amide bonds. The zero-order valence-corrected chi connectivity index (χ0v) is 12.4. The molecule has 22 heavy (non-hydrogen) atoms. The first kappa shape index (κ1) is 16.4. The van der Waals surface area contributed by atoms with Gasteiger partial charge in [-0.05, 0) is 31.9 Å². The summed E-state index contributed by atoms with van der Waals surface area (Å²) in [5, 5.41) is 0. The van der Waals surface area contributed by atoms with Crippen LogP contribution >= 0.6 is 0 Å². The first-order chi connectivity index (χ1) is 10.6. The van der Waals surface area contributed by atoms with Crippen LogP contribution in [0.3, 0.4) is 0 Å². The summed E-state index contributed by atoms with van der Waals surface area (Å²) < 4.78 is 30.7. The fourth-order valence-electron chi connectivity index (χ4n) is 2.69. The molecule has 1 fully saturated rings. The average Bonchev–Trinajstić information content (AvgIpc) is 2.54. The molecule has 1 heterocycles. The molecule has 0 spiro atoms. The van der Waals surface area contributed by atoms with E-state index in [-0.39, 0.29) is 17.5 Å². The summed E-state index contributed by atoms with van der Waals surface area (Å²) in [6.45, 7) is 3.19. The predicted octanol–water partition coefficient (Wildman–Crippen LogP) is 3.22. The lowest BCUT2D eigenvalue weighted by molar-refractivity contribution is -0.148. The van der Waals surface area contributed by atoms with Crippen molar-refractivity contribution in [2.75, 3.05) is 24.6 Å². The molecule has 0 bridgehead atoms. The zero-order chi connectivity index (χ0) is 16.1. The molecule has 1 aromatic rings. The van der Waals surface area contributed by atoms with E-state index < -0.39 is 6.43 Å². The van der Waals surface area contributed by atoms with Crippen LogP contribution in [0.1, 0.15) is 42.1 Å². The highest BCUT2D eigenvalue weighted by molar-refractivity contribution is 5.85. The van der Waals surface area contributed by atoms with E-state index in [1.165, 1.54) is 18.2 Å². The van der Waals surface area contributed by atoms with Gasteiger partial charge < -0.3 is 9.64 Å². The summed E-state index contributed by atoms with van der Waals surface area (Å²) in [4.78, 5) is 24.7. The molecule has 4 nitrogen and oxygen atoms in total. The Balaban J connectivity index is 2.11. The van der Waals surface area contributed by atoms with E-state index in [4.69, 9.17) is 4.74 Å². The number of piperidine rings is 1. The Morgan fingerprint density at radius 3 is 2.64 bits per heavy atom. The Kier molecular flexibility index (Phi) is 5.46. The van der Waals surface area contributed by atoms with E-state index in [2.05, 4.69) is 0 Å². The van der Waals surface area contributed by atoms with Gasteiger partial charge in [0.15, 0.2) is 6.29 Å². The molecule has 2 rings (SSSR count). The van der Waals surface area contributed by atoms with Gasteiger partial charge in [-0.3, -0.25) is 9.59 Å². The van der Waals surface area contributed by atoms with Gasteiger partial charge in [0.1, 0.15) is 0 Å². The van der Waals surface area contributed by atoms with Gasteiger partial charge in [-0.15, -0.1) is 0 Å². The molecule has 0 saturated carbocycles. The van der Waals surface area contributed by atoms with Crippen LogP contribution in [0.2, 0.25) is 0 Å². The number of carbonyl (C=O) groups is 2. The van der Waals surface area contributed by atoms with E-state index in [1.807, 2.05) is 4.90 Å². The molecule has 0 atom stereocenters. The first-order valence-corrected chi connectivity index (χ1v) is 7.35. The standard InChI is InChI=1S/C16H19F2NO3/c1-2-22-16(21)11-5-7-19(8-6-11)14-9-12(15(17)18)3-4-13(14)10-20/h3-4,9-11,15H,2,5-8H2,1H3. The van der Waals surface area contributed by atoms with Crippen molar-refractivity contribution in [1.82, 2.24) is 0 Å². The van der Waals surface area contributed by atoms with Crippen molar-refractivity contribution >= 4 is 17.9 Å². The van der Waals surface area contributed by atoms with Crippen molar-refractivity contribution in [3.05, 3.63) is 29.3 Å². The smallest absolute Gasteiger partial charge is 0.309 e. The normalized spacial score (nSPS) is 15.9. The largest absolute Gasteiger partial charge is 0.466 e. The third-order valence-corrected chi connectivity index (χ3v) is 3.89. The molecule has 0 N–H and O–H groups in total. The third kappa shape index (κ3) is 3.61. The number of halogens is 2. The van der Waals surface area contributed by atoms with Crippen molar-refractivity contribution in [3.8, 4) is 0 Å². The van der Waals surface area contributed by atoms with Crippen molar-refractivity contribution in [3.63, 3.8) is 0 Å². The highest BCUT2D eigenvalue weighted by Gasteiger charge is 2.27. The second-order valence-electron chi connectivity index (χ2n) is 5.25. The van der Waals surface area contributed by atoms with Crippen LogP contribution in [-0.2, 0) is 9.53 Å². The second kappa shape index (κ2) is 7.33. The zero-order valence-electron chi connectivity index (χ0n) is 12.4. The summed E-state index contributed by atoms with van der Waals surface area (Å²) in [5.74, 6) is -0.367. The fraction of sp³-hybridized carbons (Fsp3) is 0.500. The van der Waals surface area contributed by atoms with Crippen molar-refractivity contribution in [1.29, 1.82) is 0 Å². The SMILES string of the molecule is CCOC(=O)C1CCN(c2cc(C(F)F)ccc2C=O)CC1. The molecule has 1 aliphatic rings. The molecule has 1 aromatic carbocycles. The Morgan fingerprint density at radius 1 is 1.41 bits per heavy atom. The van der Waals surface area contributed by atoms with Crippen molar-refractivity contribution in [2.24, 2.45) is 5.92 Å². The number of ether oxygens (including phenoxy) is 1. The summed E-state index contributed by atoms with van der Waals surface area (Å²) in [6.07, 6.45) is -0.717. The lowest BCUT2D eigenvalue weighted by atomic mass is 9.95. The van der Waals surface area contributed by atoms with Crippen LogP contribution in [0.25, 0.3) is 0 Å². The minimum absolute atomic E-state index is 0.104. The Morgan fingerprint density at radius 2 is 2.09 bits per heavy atom. The van der Waals surface area contributed by atoms with Gasteiger partial charge in [0.25, 0.3) is 6.43 Å². The maximum atomic E-state index is 12.8. The van der Waals surface area contributed by atoms with Crippen LogP contribution < -0.4 is 4.90 Å². The topological polar surface area (TPSA) is 46.6 Å². The van der Waals surface area contributed by atoms with E-state index in [1.54, 1.807) is 6.92 Å². The molecular formula is C16H19F2NO3. The Bertz CT molecular complexity index is 540. The van der Waals surface area contributed by atoms with Gasteiger partial charge in [0, 0.05) is 29.9 Å². The predicted molar refractivity (Wildman–Crippen MR) is 78.4 cm³/mol. The van der Waals surface area contributed by atoms with Gasteiger partial charge >= 0.3 is 5.97 Å². The van der Waals surface area contributed by atoms with E-state index in [0.29, 0.717) is 50.1 Å². The summed E-state index contributed by atoms with van der Waals surface area (Å²) in [5.41, 5.74) is 0.794. The van der Waals surface area contributed by atoms with Crippen molar-refractivity contribution in [2.45, 2.75) is 26.2 Å². The molecule has 0 radical (unpaired) electrons. The lowest BCUT2D eigenvalue weighted by Crippen LogP contribution is -2.37. The number of rotatable bonds is 5. The maximum absolute atomic E-state index is 12.8. The molecule has 1 saturated heterocycles. The molecular weight excluding hydrogens is 292 g/mol. The number of benzene rings is 1.